The van der Waals surface area contributed by atoms with Gasteiger partial charge in [0, 0.05) is 39.5 Å². The Morgan fingerprint density at radius 3 is 2.31 bits per heavy atom. The Morgan fingerprint density at radius 2 is 1.66 bits per heavy atom. The quantitative estimate of drug-likeness (QED) is 0.168. The number of amides is 3. The maximum absolute atomic E-state index is 12.5. The van der Waals surface area contributed by atoms with Crippen molar-refractivity contribution in [1.29, 1.82) is 5.41 Å². The summed E-state index contributed by atoms with van der Waals surface area (Å²) in [6.07, 6.45) is 6.92. The molecule has 0 spiro atoms. The van der Waals surface area contributed by atoms with Gasteiger partial charge in [0.15, 0.2) is 0 Å². The SMILES string of the molecule is Cn1cc(NC(=O)c2cc(NC=O)cn2C)cc1C(=O)NCCCCCC(=N)N. The van der Waals surface area contributed by atoms with Gasteiger partial charge >= 0.3 is 0 Å². The number of aryl methyl sites for hydroxylation is 2. The highest BCUT2D eigenvalue weighted by atomic mass is 16.2. The number of unbranched alkanes of at least 4 members (excludes halogenated alkanes) is 2. The van der Waals surface area contributed by atoms with E-state index in [1.54, 1.807) is 47.8 Å². The van der Waals surface area contributed by atoms with E-state index in [-0.39, 0.29) is 17.6 Å². The third-order valence-electron chi connectivity index (χ3n) is 4.37. The molecule has 0 fully saturated rings. The Bertz CT molecular complexity index is 898. The molecule has 0 unspecified atom stereocenters. The Balaban J connectivity index is 1.90. The second kappa shape index (κ2) is 10.1. The van der Waals surface area contributed by atoms with Crippen molar-refractivity contribution >= 4 is 35.4 Å². The maximum atomic E-state index is 12.5. The lowest BCUT2D eigenvalue weighted by Gasteiger charge is -2.05. The van der Waals surface area contributed by atoms with Crippen LogP contribution < -0.4 is 21.7 Å². The van der Waals surface area contributed by atoms with Crippen molar-refractivity contribution < 1.29 is 14.4 Å². The average Bonchev–Trinajstić information content (AvgIpc) is 3.20. The first kappa shape index (κ1) is 21.7. The van der Waals surface area contributed by atoms with E-state index in [9.17, 15) is 14.4 Å². The number of nitrogens with one attached hydrogen (secondary N) is 4. The van der Waals surface area contributed by atoms with E-state index in [0.717, 1.165) is 19.3 Å². The Hall–Kier alpha value is -3.56. The maximum Gasteiger partial charge on any atom is 0.272 e. The predicted molar refractivity (Wildman–Crippen MR) is 111 cm³/mol. The van der Waals surface area contributed by atoms with Gasteiger partial charge in [0.1, 0.15) is 11.4 Å². The van der Waals surface area contributed by atoms with Gasteiger partial charge in [-0.1, -0.05) is 6.42 Å². The van der Waals surface area contributed by atoms with E-state index in [2.05, 4.69) is 16.0 Å². The van der Waals surface area contributed by atoms with Crippen molar-refractivity contribution in [2.45, 2.75) is 25.7 Å². The van der Waals surface area contributed by atoms with Gasteiger partial charge in [0.2, 0.25) is 6.41 Å². The molecule has 0 atom stereocenters. The van der Waals surface area contributed by atoms with Crippen LogP contribution in [0.15, 0.2) is 24.5 Å². The standard InChI is InChI=1S/C19H27N7O3/c1-25-10-13(23-12-27)8-16(25)19(29)24-14-9-15(26(2)11-14)18(28)22-7-5-3-4-6-17(20)21/h8-12H,3-7H2,1-2H3,(H3,20,21)(H,22,28)(H,23,27)(H,24,29). The van der Waals surface area contributed by atoms with Crippen LogP contribution in [0, 0.1) is 5.41 Å². The normalized spacial score (nSPS) is 10.4. The van der Waals surface area contributed by atoms with Crippen LogP contribution >= 0.6 is 0 Å². The third-order valence-corrected chi connectivity index (χ3v) is 4.37. The molecule has 0 saturated carbocycles. The summed E-state index contributed by atoms with van der Waals surface area (Å²) < 4.78 is 3.24. The van der Waals surface area contributed by atoms with Crippen LogP contribution in [-0.4, -0.2) is 39.7 Å². The molecule has 10 nitrogen and oxygen atoms in total. The number of aromatic nitrogens is 2. The van der Waals surface area contributed by atoms with Crippen LogP contribution in [-0.2, 0) is 18.9 Å². The summed E-state index contributed by atoms with van der Waals surface area (Å²) in [7, 11) is 3.43. The van der Waals surface area contributed by atoms with Crippen LogP contribution in [0.2, 0.25) is 0 Å². The van der Waals surface area contributed by atoms with Gasteiger partial charge < -0.3 is 30.8 Å². The number of nitrogens with two attached hydrogens (primary N) is 1. The number of rotatable bonds is 11. The van der Waals surface area contributed by atoms with Crippen LogP contribution in [0.4, 0.5) is 11.4 Å². The fourth-order valence-corrected chi connectivity index (χ4v) is 2.90. The third kappa shape index (κ3) is 6.23. The van der Waals surface area contributed by atoms with Crippen molar-refractivity contribution in [1.82, 2.24) is 14.5 Å². The van der Waals surface area contributed by atoms with Gasteiger partial charge in [-0.3, -0.25) is 19.8 Å². The molecule has 0 aromatic carbocycles. The number of amidine groups is 1. The number of anilines is 2. The lowest BCUT2D eigenvalue weighted by atomic mass is 10.2. The summed E-state index contributed by atoms with van der Waals surface area (Å²) in [5.74, 6) is -0.399. The highest BCUT2D eigenvalue weighted by molar-refractivity contribution is 6.05. The number of carbonyl (C=O) groups excluding carboxylic acids is 3. The fraction of sp³-hybridized carbons (Fsp3) is 0.368. The zero-order valence-corrected chi connectivity index (χ0v) is 16.6. The van der Waals surface area contributed by atoms with Crippen molar-refractivity contribution in [2.24, 2.45) is 19.8 Å². The average molecular weight is 401 g/mol. The molecular formula is C19H27N7O3. The summed E-state index contributed by atoms with van der Waals surface area (Å²) in [5, 5.41) is 15.3. The second-order valence-corrected chi connectivity index (χ2v) is 6.76. The minimum absolute atomic E-state index is 0.180. The summed E-state index contributed by atoms with van der Waals surface area (Å²) in [4.78, 5) is 35.4. The largest absolute Gasteiger partial charge is 0.388 e. The van der Waals surface area contributed by atoms with Crippen LogP contribution in [0.3, 0.4) is 0 Å². The second-order valence-electron chi connectivity index (χ2n) is 6.76. The molecule has 2 rings (SSSR count). The zero-order chi connectivity index (χ0) is 21.4. The first-order chi connectivity index (χ1) is 13.8. The molecule has 0 bridgehead atoms. The summed E-state index contributed by atoms with van der Waals surface area (Å²) >= 11 is 0. The minimum Gasteiger partial charge on any atom is -0.388 e. The molecule has 6 N–H and O–H groups in total. The van der Waals surface area contributed by atoms with E-state index < -0.39 is 0 Å². The van der Waals surface area contributed by atoms with Gasteiger partial charge in [-0.05, 0) is 25.0 Å². The first-order valence-corrected chi connectivity index (χ1v) is 9.27. The molecule has 0 aliphatic heterocycles. The first-order valence-electron chi connectivity index (χ1n) is 9.27. The van der Waals surface area contributed by atoms with Crippen molar-refractivity contribution in [3.05, 3.63) is 35.9 Å². The monoisotopic (exact) mass is 401 g/mol. The van der Waals surface area contributed by atoms with E-state index in [1.807, 2.05) is 0 Å². The Labute approximate surface area is 169 Å². The summed E-state index contributed by atoms with van der Waals surface area (Å²) in [5.41, 5.74) is 7.12. The summed E-state index contributed by atoms with van der Waals surface area (Å²) in [6.45, 7) is 0.527. The Morgan fingerprint density at radius 1 is 1.03 bits per heavy atom. The molecule has 2 heterocycles. The van der Waals surface area contributed by atoms with Crippen molar-refractivity contribution in [2.75, 3.05) is 17.2 Å². The molecule has 0 radical (unpaired) electrons. The molecular weight excluding hydrogens is 374 g/mol. The lowest BCUT2D eigenvalue weighted by Crippen LogP contribution is -2.26. The molecule has 0 saturated heterocycles. The smallest absolute Gasteiger partial charge is 0.272 e. The van der Waals surface area contributed by atoms with Crippen LogP contribution in [0.5, 0.6) is 0 Å². The minimum atomic E-state index is -0.352. The highest BCUT2D eigenvalue weighted by Crippen LogP contribution is 2.17. The molecule has 3 amide bonds. The number of hydrogen-bond acceptors (Lipinski definition) is 4. The topological polar surface area (TPSA) is 147 Å². The van der Waals surface area contributed by atoms with E-state index in [1.165, 1.54) is 0 Å². The van der Waals surface area contributed by atoms with Crippen molar-refractivity contribution in [3.8, 4) is 0 Å². The Kier molecular flexibility index (Phi) is 7.58. The molecule has 2 aromatic rings. The number of carbonyl (C=O) groups is 3. The molecule has 156 valence electrons. The van der Waals surface area contributed by atoms with E-state index in [4.69, 9.17) is 11.1 Å². The van der Waals surface area contributed by atoms with E-state index in [0.29, 0.717) is 42.1 Å². The molecule has 0 aliphatic rings. The molecule has 29 heavy (non-hydrogen) atoms. The number of hydrogen-bond donors (Lipinski definition) is 5. The van der Waals surface area contributed by atoms with Gasteiger partial charge in [0.25, 0.3) is 11.8 Å². The van der Waals surface area contributed by atoms with Crippen LogP contribution in [0.1, 0.15) is 46.7 Å². The highest BCUT2D eigenvalue weighted by Gasteiger charge is 2.16. The number of nitrogens with zero attached hydrogens (tertiary/aromatic N) is 2. The van der Waals surface area contributed by atoms with Gasteiger partial charge in [0.05, 0.1) is 17.2 Å². The lowest BCUT2D eigenvalue weighted by molar-refractivity contribution is -0.105. The van der Waals surface area contributed by atoms with E-state index >= 15 is 0 Å². The van der Waals surface area contributed by atoms with Crippen molar-refractivity contribution in [3.63, 3.8) is 0 Å². The van der Waals surface area contributed by atoms with Gasteiger partial charge in [-0.25, -0.2) is 0 Å². The zero-order valence-electron chi connectivity index (χ0n) is 16.6. The predicted octanol–water partition coefficient (Wildman–Crippen LogP) is 1.41. The van der Waals surface area contributed by atoms with Crippen LogP contribution in [0.25, 0.3) is 0 Å². The van der Waals surface area contributed by atoms with Gasteiger partial charge in [-0.15, -0.1) is 0 Å². The molecule has 2 aromatic heterocycles. The summed E-state index contributed by atoms with van der Waals surface area (Å²) in [6, 6.07) is 3.17. The molecule has 0 aliphatic carbocycles. The fourth-order valence-electron chi connectivity index (χ4n) is 2.90. The molecule has 10 heteroatoms. The van der Waals surface area contributed by atoms with Gasteiger partial charge in [-0.2, -0.15) is 0 Å².